The molecule has 0 bridgehead atoms. The summed E-state index contributed by atoms with van der Waals surface area (Å²) in [7, 11) is 0. The normalized spacial score (nSPS) is 12.4. The smallest absolute Gasteiger partial charge is 0.326 e. The van der Waals surface area contributed by atoms with Crippen LogP contribution in [0.5, 0.6) is 5.75 Å². The molecule has 242 valence electrons. The van der Waals surface area contributed by atoms with Crippen LogP contribution in [0.25, 0.3) is 0 Å². The Hall–Kier alpha value is -5.46. The number of carbonyl (C=O) groups is 7. The summed E-state index contributed by atoms with van der Waals surface area (Å²) in [6.45, 7) is -1.35. The number of aromatic hydroxyl groups is 1. The lowest BCUT2D eigenvalue weighted by molar-refractivity contribution is -0.142. The number of carboxylic acid groups (broad SMARTS) is 1. The number of rotatable bonds is 19. The molecule has 0 aliphatic heterocycles. The average Bonchev–Trinajstić information content (AvgIpc) is 2.95. The Balaban J connectivity index is 2.84. The number of hydrogen-bond donors (Lipinski definition) is 12. The highest BCUT2D eigenvalue weighted by molar-refractivity contribution is 5.95. The summed E-state index contributed by atoms with van der Waals surface area (Å²) in [5, 5.41) is 40.0. The van der Waals surface area contributed by atoms with E-state index >= 15 is 0 Å². The molecule has 15 N–H and O–H groups in total. The number of carboxylic acids is 1. The maximum Gasteiger partial charge on any atom is 0.326 e. The van der Waals surface area contributed by atoms with Gasteiger partial charge in [0.05, 0.1) is 26.1 Å². The third-order valence-corrected chi connectivity index (χ3v) is 5.74. The van der Waals surface area contributed by atoms with Crippen molar-refractivity contribution in [3.63, 3.8) is 0 Å². The summed E-state index contributed by atoms with van der Waals surface area (Å²) < 4.78 is 0. The van der Waals surface area contributed by atoms with Gasteiger partial charge in [0.15, 0.2) is 5.96 Å². The Morgan fingerprint density at radius 2 is 1.36 bits per heavy atom. The average molecular weight is 623 g/mol. The molecule has 0 saturated heterocycles. The summed E-state index contributed by atoms with van der Waals surface area (Å²) in [6.07, 6.45) is -0.573. The van der Waals surface area contributed by atoms with E-state index in [-0.39, 0.29) is 44.1 Å². The van der Waals surface area contributed by atoms with Crippen molar-refractivity contribution >= 4 is 47.4 Å². The van der Waals surface area contributed by atoms with E-state index in [0.717, 1.165) is 0 Å². The minimum atomic E-state index is -1.59. The lowest BCUT2D eigenvalue weighted by Gasteiger charge is -2.22. The van der Waals surface area contributed by atoms with Crippen LogP contribution in [0, 0.1) is 5.41 Å². The molecule has 6 amide bonds. The van der Waals surface area contributed by atoms with Crippen LogP contribution in [0.3, 0.4) is 0 Å². The van der Waals surface area contributed by atoms with Gasteiger partial charge in [0, 0.05) is 13.0 Å². The molecule has 3 atom stereocenters. The number of carbonyl (C=O) groups excluding carboxylic acids is 6. The number of phenols is 1. The fraction of sp³-hybridized carbons (Fsp3) is 0.440. The zero-order valence-electron chi connectivity index (χ0n) is 23.7. The van der Waals surface area contributed by atoms with Crippen molar-refractivity contribution in [3.05, 3.63) is 29.8 Å². The van der Waals surface area contributed by atoms with Gasteiger partial charge in [-0.05, 0) is 30.5 Å². The fourth-order valence-corrected chi connectivity index (χ4v) is 3.58. The minimum absolute atomic E-state index is 0.0363. The second-order valence-electron chi connectivity index (χ2n) is 9.36. The molecule has 0 aliphatic carbocycles. The number of aliphatic carboxylic acids is 1. The highest BCUT2D eigenvalue weighted by Gasteiger charge is 2.29. The van der Waals surface area contributed by atoms with Crippen molar-refractivity contribution in [2.24, 2.45) is 17.2 Å². The van der Waals surface area contributed by atoms with Crippen molar-refractivity contribution < 1.29 is 43.8 Å². The zero-order valence-corrected chi connectivity index (χ0v) is 23.7. The van der Waals surface area contributed by atoms with Gasteiger partial charge in [-0.15, -0.1) is 0 Å². The van der Waals surface area contributed by atoms with Crippen molar-refractivity contribution in [1.82, 2.24) is 31.9 Å². The van der Waals surface area contributed by atoms with E-state index in [9.17, 15) is 43.8 Å². The molecule has 0 aromatic heterocycles. The lowest BCUT2D eigenvalue weighted by atomic mass is 10.0. The third kappa shape index (κ3) is 15.0. The molecule has 19 heteroatoms. The second kappa shape index (κ2) is 18.9. The van der Waals surface area contributed by atoms with E-state index in [0.29, 0.717) is 5.56 Å². The molecule has 1 rings (SSSR count). The largest absolute Gasteiger partial charge is 0.508 e. The van der Waals surface area contributed by atoms with E-state index < -0.39 is 79.0 Å². The van der Waals surface area contributed by atoms with Crippen LogP contribution < -0.4 is 49.1 Å². The van der Waals surface area contributed by atoms with Crippen molar-refractivity contribution in [3.8, 4) is 5.75 Å². The van der Waals surface area contributed by atoms with Crippen molar-refractivity contribution in [1.29, 1.82) is 5.41 Å². The Kier molecular flexibility index (Phi) is 15.7. The molecule has 0 aliphatic rings. The predicted molar refractivity (Wildman–Crippen MR) is 153 cm³/mol. The van der Waals surface area contributed by atoms with E-state index in [4.69, 9.17) is 22.6 Å². The highest BCUT2D eigenvalue weighted by atomic mass is 16.4. The maximum absolute atomic E-state index is 12.8. The maximum atomic E-state index is 12.8. The van der Waals surface area contributed by atoms with Crippen molar-refractivity contribution in [2.75, 3.05) is 26.2 Å². The monoisotopic (exact) mass is 622 g/mol. The molecule has 44 heavy (non-hydrogen) atoms. The Bertz CT molecular complexity index is 1210. The van der Waals surface area contributed by atoms with Crippen LogP contribution in [0.1, 0.15) is 24.8 Å². The number of guanidine groups is 1. The molecular weight excluding hydrogens is 584 g/mol. The van der Waals surface area contributed by atoms with Gasteiger partial charge in [0.2, 0.25) is 35.4 Å². The van der Waals surface area contributed by atoms with Gasteiger partial charge >= 0.3 is 5.97 Å². The Morgan fingerprint density at radius 1 is 0.773 bits per heavy atom. The van der Waals surface area contributed by atoms with E-state index in [1.165, 1.54) is 24.3 Å². The first-order valence-corrected chi connectivity index (χ1v) is 13.2. The number of hydrogen-bond acceptors (Lipinski definition) is 10. The van der Waals surface area contributed by atoms with Crippen LogP contribution in [0.15, 0.2) is 24.3 Å². The molecule has 0 heterocycles. The first kappa shape index (κ1) is 36.6. The zero-order chi connectivity index (χ0) is 33.2. The number of nitrogens with one attached hydrogen (secondary N) is 7. The van der Waals surface area contributed by atoms with Crippen LogP contribution in [-0.2, 0) is 40.0 Å². The molecule has 1 aromatic carbocycles. The van der Waals surface area contributed by atoms with E-state index in [1.54, 1.807) is 0 Å². The van der Waals surface area contributed by atoms with Crippen molar-refractivity contribution in [2.45, 2.75) is 43.8 Å². The van der Waals surface area contributed by atoms with Crippen LogP contribution in [0.2, 0.25) is 0 Å². The Morgan fingerprint density at radius 3 is 1.91 bits per heavy atom. The second-order valence-corrected chi connectivity index (χ2v) is 9.36. The van der Waals surface area contributed by atoms with Gasteiger partial charge in [-0.2, -0.15) is 0 Å². The molecule has 0 fully saturated rings. The Labute approximate surface area is 251 Å². The van der Waals surface area contributed by atoms with Gasteiger partial charge in [0.1, 0.15) is 23.9 Å². The molecule has 0 unspecified atom stereocenters. The standard InChI is InChI=1S/C25H38N10O9/c26-10-19(38)31-11-20(39)33-15(2-1-7-30-25(28)29)22(41)32-12-21(40)34-16(9-18(27)37)23(42)35-17(24(43)44)8-13-3-5-14(36)6-4-13/h3-6,15-17,36H,1-2,7-12,26H2,(H2,27,37)(H,31,38)(H,32,41)(H,33,39)(H,34,40)(H,35,42)(H,43,44)(H4,28,29,30)/t15-,16-,17-/m0/s1. The van der Waals surface area contributed by atoms with Gasteiger partial charge in [-0.25, -0.2) is 4.79 Å². The summed E-state index contributed by atoms with van der Waals surface area (Å²) in [6, 6.07) is 1.34. The van der Waals surface area contributed by atoms with Gasteiger partial charge in [-0.1, -0.05) is 12.1 Å². The van der Waals surface area contributed by atoms with E-state index in [1.807, 2.05) is 0 Å². The van der Waals surface area contributed by atoms with Crippen LogP contribution >= 0.6 is 0 Å². The fourth-order valence-electron chi connectivity index (χ4n) is 3.58. The summed E-state index contributed by atoms with van der Waals surface area (Å²) in [5.74, 6) is -6.85. The minimum Gasteiger partial charge on any atom is -0.508 e. The molecule has 0 spiro atoms. The molecule has 0 saturated carbocycles. The summed E-state index contributed by atoms with van der Waals surface area (Å²) in [4.78, 5) is 85.0. The van der Waals surface area contributed by atoms with Crippen LogP contribution in [-0.4, -0.2) is 102 Å². The first-order valence-electron chi connectivity index (χ1n) is 13.2. The van der Waals surface area contributed by atoms with E-state index in [2.05, 4.69) is 31.9 Å². The van der Waals surface area contributed by atoms with Gasteiger partial charge < -0.3 is 59.3 Å². The predicted octanol–water partition coefficient (Wildman–Crippen LogP) is -5.20. The first-order chi connectivity index (χ1) is 20.7. The number of nitrogens with two attached hydrogens (primary N) is 3. The van der Waals surface area contributed by atoms with Gasteiger partial charge in [0.25, 0.3) is 0 Å². The number of benzene rings is 1. The van der Waals surface area contributed by atoms with Gasteiger partial charge in [-0.3, -0.25) is 34.2 Å². The molecule has 19 nitrogen and oxygen atoms in total. The summed E-state index contributed by atoms with van der Waals surface area (Å²) >= 11 is 0. The quantitative estimate of drug-likeness (QED) is 0.0391. The molecular formula is C25H38N10O9. The number of phenolic OH excluding ortho intramolecular Hbond substituents is 1. The SMILES string of the molecule is N=C(N)NCCC[C@H](NC(=O)CNC(=O)CN)C(=O)NCC(=O)N[C@@H](CC(N)=O)C(=O)N[C@@H](Cc1ccc(O)cc1)C(=O)O. The third-order valence-electron chi connectivity index (χ3n) is 5.74. The van der Waals surface area contributed by atoms with Crippen LogP contribution in [0.4, 0.5) is 0 Å². The molecule has 1 aromatic rings. The highest BCUT2D eigenvalue weighted by Crippen LogP contribution is 2.11. The molecule has 0 radical (unpaired) electrons. The lowest BCUT2D eigenvalue weighted by Crippen LogP contribution is -2.55. The number of primary amides is 1. The summed E-state index contributed by atoms with van der Waals surface area (Å²) in [5.41, 5.74) is 16.0. The topological polar surface area (TPSA) is 334 Å². The number of amides is 6.